The predicted octanol–water partition coefficient (Wildman–Crippen LogP) is 4.34. The third-order valence-corrected chi connectivity index (χ3v) is 4.01. The molecular formula is C21H18FN3O2. The van der Waals surface area contributed by atoms with Crippen molar-refractivity contribution in [1.82, 2.24) is 4.98 Å². The first-order chi connectivity index (χ1) is 12.9. The SMILES string of the molecule is Cc1ccc(NC(=O)c2ccnc(C(=O)Nc3ccccc3F)c2)c(C)c1. The Kier molecular flexibility index (Phi) is 5.26. The molecule has 0 aliphatic rings. The van der Waals surface area contributed by atoms with Gasteiger partial charge in [-0.25, -0.2) is 4.39 Å². The molecule has 2 amide bonds. The van der Waals surface area contributed by atoms with Crippen molar-refractivity contribution >= 4 is 23.2 Å². The Morgan fingerprint density at radius 1 is 0.889 bits per heavy atom. The Bertz CT molecular complexity index is 1020. The van der Waals surface area contributed by atoms with Gasteiger partial charge in [0.25, 0.3) is 11.8 Å². The first-order valence-electron chi connectivity index (χ1n) is 8.34. The van der Waals surface area contributed by atoms with E-state index >= 15 is 0 Å². The fraction of sp³-hybridized carbons (Fsp3) is 0.0952. The number of anilines is 2. The number of carbonyl (C=O) groups is 2. The molecule has 0 unspecified atom stereocenters. The maximum absolute atomic E-state index is 13.7. The van der Waals surface area contributed by atoms with Crippen LogP contribution in [0.2, 0.25) is 0 Å². The zero-order valence-corrected chi connectivity index (χ0v) is 14.9. The maximum Gasteiger partial charge on any atom is 0.274 e. The monoisotopic (exact) mass is 363 g/mol. The van der Waals surface area contributed by atoms with Gasteiger partial charge in [0.1, 0.15) is 11.5 Å². The largest absolute Gasteiger partial charge is 0.322 e. The second-order valence-corrected chi connectivity index (χ2v) is 6.14. The van der Waals surface area contributed by atoms with Gasteiger partial charge in [0.05, 0.1) is 5.69 Å². The number of benzene rings is 2. The van der Waals surface area contributed by atoms with Crippen LogP contribution in [-0.2, 0) is 0 Å². The minimum Gasteiger partial charge on any atom is -0.322 e. The molecule has 3 aromatic rings. The van der Waals surface area contributed by atoms with Crippen molar-refractivity contribution in [2.45, 2.75) is 13.8 Å². The Balaban J connectivity index is 1.77. The molecule has 1 aromatic heterocycles. The summed E-state index contributed by atoms with van der Waals surface area (Å²) in [6.07, 6.45) is 1.37. The van der Waals surface area contributed by atoms with E-state index in [0.717, 1.165) is 11.1 Å². The van der Waals surface area contributed by atoms with Crippen LogP contribution in [0.15, 0.2) is 60.8 Å². The molecule has 3 rings (SSSR count). The minimum absolute atomic E-state index is 0.0199. The number of pyridine rings is 1. The van der Waals surface area contributed by atoms with E-state index in [1.165, 1.54) is 36.5 Å². The molecule has 6 heteroatoms. The van der Waals surface area contributed by atoms with Crippen molar-refractivity contribution < 1.29 is 14.0 Å². The number of para-hydroxylation sites is 1. The molecule has 0 aliphatic carbocycles. The first kappa shape index (κ1) is 18.3. The molecule has 0 fully saturated rings. The highest BCUT2D eigenvalue weighted by Gasteiger charge is 2.14. The summed E-state index contributed by atoms with van der Waals surface area (Å²) in [6, 6.07) is 14.4. The maximum atomic E-state index is 13.7. The van der Waals surface area contributed by atoms with Crippen LogP contribution in [0, 0.1) is 19.7 Å². The van der Waals surface area contributed by atoms with E-state index < -0.39 is 11.7 Å². The average Bonchev–Trinajstić information content (AvgIpc) is 2.66. The fourth-order valence-corrected chi connectivity index (χ4v) is 2.59. The first-order valence-corrected chi connectivity index (χ1v) is 8.34. The van der Waals surface area contributed by atoms with Crippen LogP contribution in [-0.4, -0.2) is 16.8 Å². The van der Waals surface area contributed by atoms with Crippen molar-refractivity contribution in [3.05, 3.63) is 89.0 Å². The molecule has 136 valence electrons. The van der Waals surface area contributed by atoms with E-state index in [9.17, 15) is 14.0 Å². The van der Waals surface area contributed by atoms with E-state index in [1.807, 2.05) is 32.0 Å². The van der Waals surface area contributed by atoms with Crippen LogP contribution in [0.1, 0.15) is 32.0 Å². The van der Waals surface area contributed by atoms with Crippen LogP contribution >= 0.6 is 0 Å². The molecule has 0 radical (unpaired) electrons. The van der Waals surface area contributed by atoms with Crippen LogP contribution in [0.3, 0.4) is 0 Å². The summed E-state index contributed by atoms with van der Waals surface area (Å²) in [5.41, 5.74) is 3.08. The van der Waals surface area contributed by atoms with E-state index in [1.54, 1.807) is 6.07 Å². The highest BCUT2D eigenvalue weighted by atomic mass is 19.1. The molecular weight excluding hydrogens is 345 g/mol. The van der Waals surface area contributed by atoms with E-state index in [0.29, 0.717) is 5.69 Å². The van der Waals surface area contributed by atoms with Crippen molar-refractivity contribution in [1.29, 1.82) is 0 Å². The standard InChI is InChI=1S/C21H18FN3O2/c1-13-7-8-17(14(2)11-13)24-20(26)15-9-10-23-19(12-15)21(27)25-18-6-4-3-5-16(18)22/h3-12H,1-2H3,(H,24,26)(H,25,27). The quantitative estimate of drug-likeness (QED) is 0.724. The van der Waals surface area contributed by atoms with Gasteiger partial charge >= 0.3 is 0 Å². The number of aromatic nitrogens is 1. The van der Waals surface area contributed by atoms with E-state index in [2.05, 4.69) is 15.6 Å². The van der Waals surface area contributed by atoms with Gasteiger partial charge in [0, 0.05) is 17.4 Å². The highest BCUT2D eigenvalue weighted by Crippen LogP contribution is 2.18. The number of amides is 2. The third-order valence-electron chi connectivity index (χ3n) is 4.01. The van der Waals surface area contributed by atoms with Crippen molar-refractivity contribution in [3.63, 3.8) is 0 Å². The second-order valence-electron chi connectivity index (χ2n) is 6.14. The molecule has 0 bridgehead atoms. The topological polar surface area (TPSA) is 71.1 Å². The normalized spacial score (nSPS) is 10.3. The number of aryl methyl sites for hydroxylation is 2. The molecule has 5 nitrogen and oxygen atoms in total. The van der Waals surface area contributed by atoms with E-state index in [-0.39, 0.29) is 22.9 Å². The van der Waals surface area contributed by atoms with Gasteiger partial charge in [-0.05, 0) is 49.7 Å². The van der Waals surface area contributed by atoms with Gasteiger partial charge in [-0.2, -0.15) is 0 Å². The van der Waals surface area contributed by atoms with Gasteiger partial charge in [0.15, 0.2) is 0 Å². The van der Waals surface area contributed by atoms with Gasteiger partial charge in [-0.1, -0.05) is 29.8 Å². The number of nitrogens with one attached hydrogen (secondary N) is 2. The summed E-state index contributed by atoms with van der Waals surface area (Å²) in [5.74, 6) is -1.50. The Morgan fingerprint density at radius 2 is 1.63 bits per heavy atom. The third kappa shape index (κ3) is 4.36. The molecule has 0 saturated heterocycles. The minimum atomic E-state index is -0.596. The van der Waals surface area contributed by atoms with Crippen LogP contribution in [0.25, 0.3) is 0 Å². The van der Waals surface area contributed by atoms with Crippen molar-refractivity contribution in [3.8, 4) is 0 Å². The number of carbonyl (C=O) groups excluding carboxylic acids is 2. The number of nitrogens with zero attached hydrogens (tertiary/aromatic N) is 1. The molecule has 0 spiro atoms. The Morgan fingerprint density at radius 3 is 2.37 bits per heavy atom. The van der Waals surface area contributed by atoms with Gasteiger partial charge in [-0.3, -0.25) is 14.6 Å². The number of hydrogen-bond donors (Lipinski definition) is 2. The summed E-state index contributed by atoms with van der Waals surface area (Å²) >= 11 is 0. The second kappa shape index (κ2) is 7.78. The lowest BCUT2D eigenvalue weighted by Crippen LogP contribution is -2.17. The molecule has 0 aliphatic heterocycles. The predicted molar refractivity (Wildman–Crippen MR) is 102 cm³/mol. The van der Waals surface area contributed by atoms with Crippen molar-refractivity contribution in [2.24, 2.45) is 0 Å². The smallest absolute Gasteiger partial charge is 0.274 e. The highest BCUT2D eigenvalue weighted by molar-refractivity contribution is 6.08. The lowest BCUT2D eigenvalue weighted by molar-refractivity contribution is 0.102. The number of hydrogen-bond acceptors (Lipinski definition) is 3. The fourth-order valence-electron chi connectivity index (χ4n) is 2.59. The zero-order chi connectivity index (χ0) is 19.4. The summed E-state index contributed by atoms with van der Waals surface area (Å²) in [7, 11) is 0. The van der Waals surface area contributed by atoms with Gasteiger partial charge < -0.3 is 10.6 Å². The molecule has 0 atom stereocenters. The molecule has 2 N–H and O–H groups in total. The average molecular weight is 363 g/mol. The lowest BCUT2D eigenvalue weighted by atomic mass is 10.1. The van der Waals surface area contributed by atoms with Crippen LogP contribution in [0.5, 0.6) is 0 Å². The van der Waals surface area contributed by atoms with Crippen LogP contribution in [0.4, 0.5) is 15.8 Å². The van der Waals surface area contributed by atoms with Gasteiger partial charge in [0.2, 0.25) is 0 Å². The Hall–Kier alpha value is -3.54. The number of halogens is 1. The summed E-state index contributed by atoms with van der Waals surface area (Å²) in [6.45, 7) is 3.88. The molecule has 1 heterocycles. The molecule has 0 saturated carbocycles. The zero-order valence-electron chi connectivity index (χ0n) is 14.9. The van der Waals surface area contributed by atoms with E-state index in [4.69, 9.17) is 0 Å². The molecule has 27 heavy (non-hydrogen) atoms. The van der Waals surface area contributed by atoms with Crippen molar-refractivity contribution in [2.75, 3.05) is 10.6 Å². The van der Waals surface area contributed by atoms with Gasteiger partial charge in [-0.15, -0.1) is 0 Å². The molecule has 2 aromatic carbocycles. The summed E-state index contributed by atoms with van der Waals surface area (Å²) < 4.78 is 13.7. The lowest BCUT2D eigenvalue weighted by Gasteiger charge is -2.10. The van der Waals surface area contributed by atoms with Crippen LogP contribution < -0.4 is 10.6 Å². The summed E-state index contributed by atoms with van der Waals surface area (Å²) in [5, 5.41) is 5.27. The Labute approximate surface area is 156 Å². The summed E-state index contributed by atoms with van der Waals surface area (Å²) in [4.78, 5) is 28.8. The number of rotatable bonds is 4.